The van der Waals surface area contributed by atoms with Gasteiger partial charge >= 0.3 is 6.09 Å². The third kappa shape index (κ3) is 5.54. The first-order chi connectivity index (χ1) is 8.42. The Kier molecular flexibility index (Phi) is 5.66. The molecule has 1 N–H and O–H groups in total. The fourth-order valence-corrected chi connectivity index (χ4v) is 1.98. The summed E-state index contributed by atoms with van der Waals surface area (Å²) >= 11 is 0. The summed E-state index contributed by atoms with van der Waals surface area (Å²) in [5.41, 5.74) is -0.407. The topological polar surface area (TPSA) is 41.6 Å². The minimum atomic E-state index is -0.407. The molecule has 1 amide bonds. The zero-order valence-corrected chi connectivity index (χ0v) is 11.9. The average molecular weight is 254 g/mol. The molecule has 0 aromatic heterocycles. The number of amides is 1. The molecule has 1 saturated heterocycles. The van der Waals surface area contributed by atoms with Gasteiger partial charge in [-0.05, 0) is 46.6 Å². The normalized spacial score (nSPS) is 17.6. The monoisotopic (exact) mass is 254 g/mol. The predicted octanol–water partition coefficient (Wildman–Crippen LogP) is 2.55. The van der Waals surface area contributed by atoms with Crippen LogP contribution in [0.15, 0.2) is 12.7 Å². The van der Waals surface area contributed by atoms with Gasteiger partial charge in [0.1, 0.15) is 5.60 Å². The smallest absolute Gasteiger partial charge is 0.410 e. The molecule has 0 saturated carbocycles. The summed E-state index contributed by atoms with van der Waals surface area (Å²) in [6.07, 6.45) is 4.72. The number of carbonyl (C=O) groups is 1. The zero-order chi connectivity index (χ0) is 13.6. The quantitative estimate of drug-likeness (QED) is 0.619. The first-order valence-corrected chi connectivity index (χ1v) is 6.74. The van der Waals surface area contributed by atoms with E-state index in [4.69, 9.17) is 4.74 Å². The van der Waals surface area contributed by atoms with Crippen LogP contribution in [0.2, 0.25) is 0 Å². The van der Waals surface area contributed by atoms with E-state index >= 15 is 0 Å². The molecule has 0 unspecified atom stereocenters. The highest BCUT2D eigenvalue weighted by Gasteiger charge is 2.26. The first kappa shape index (κ1) is 15.0. The largest absolute Gasteiger partial charge is 0.444 e. The molecule has 1 fully saturated rings. The molecule has 4 heteroatoms. The molecule has 0 radical (unpaired) electrons. The van der Waals surface area contributed by atoms with Crippen molar-refractivity contribution >= 4 is 6.09 Å². The van der Waals surface area contributed by atoms with Gasteiger partial charge in [-0.25, -0.2) is 4.79 Å². The maximum atomic E-state index is 11.9. The molecule has 1 heterocycles. The summed E-state index contributed by atoms with van der Waals surface area (Å²) in [5, 5.41) is 3.48. The van der Waals surface area contributed by atoms with Crippen LogP contribution in [0.25, 0.3) is 0 Å². The number of ether oxygens (including phenoxy) is 1. The summed E-state index contributed by atoms with van der Waals surface area (Å²) in [6.45, 7) is 11.9. The standard InChI is InChI=1S/C14H26N2O2/c1-5-6-9-15-12-7-10-16(11-8-12)13(17)18-14(2,3)4/h5,12,15H,1,6-11H2,2-4H3. The third-order valence-corrected chi connectivity index (χ3v) is 2.93. The van der Waals surface area contributed by atoms with Crippen LogP contribution in [0.5, 0.6) is 0 Å². The van der Waals surface area contributed by atoms with Crippen LogP contribution < -0.4 is 5.32 Å². The second-order valence-electron chi connectivity index (χ2n) is 5.77. The maximum Gasteiger partial charge on any atom is 0.410 e. The van der Waals surface area contributed by atoms with E-state index in [0.717, 1.165) is 38.9 Å². The Morgan fingerprint density at radius 3 is 2.56 bits per heavy atom. The molecule has 1 aliphatic rings. The summed E-state index contributed by atoms with van der Waals surface area (Å²) in [6, 6.07) is 0.517. The number of nitrogens with zero attached hydrogens (tertiary/aromatic N) is 1. The zero-order valence-electron chi connectivity index (χ0n) is 11.9. The van der Waals surface area contributed by atoms with Gasteiger partial charge in [0, 0.05) is 19.1 Å². The van der Waals surface area contributed by atoms with Crippen molar-refractivity contribution in [2.45, 2.75) is 51.7 Å². The molecule has 0 spiro atoms. The number of nitrogens with one attached hydrogen (secondary N) is 1. The molecule has 104 valence electrons. The van der Waals surface area contributed by atoms with Crippen LogP contribution in [0, 0.1) is 0 Å². The Morgan fingerprint density at radius 2 is 2.06 bits per heavy atom. The highest BCUT2D eigenvalue weighted by Crippen LogP contribution is 2.15. The maximum absolute atomic E-state index is 11.9. The Hall–Kier alpha value is -1.03. The van der Waals surface area contributed by atoms with E-state index < -0.39 is 5.60 Å². The molecule has 0 atom stereocenters. The van der Waals surface area contributed by atoms with Crippen LogP contribution in [-0.4, -0.2) is 42.3 Å². The van der Waals surface area contributed by atoms with Crippen LogP contribution in [0.4, 0.5) is 4.79 Å². The first-order valence-electron chi connectivity index (χ1n) is 6.74. The second-order valence-corrected chi connectivity index (χ2v) is 5.77. The van der Waals surface area contributed by atoms with Gasteiger partial charge in [0.25, 0.3) is 0 Å². The highest BCUT2D eigenvalue weighted by molar-refractivity contribution is 5.68. The van der Waals surface area contributed by atoms with Gasteiger partial charge in [-0.1, -0.05) is 6.08 Å². The van der Waals surface area contributed by atoms with E-state index in [2.05, 4.69) is 11.9 Å². The van der Waals surface area contributed by atoms with E-state index in [0.29, 0.717) is 6.04 Å². The molecular weight excluding hydrogens is 228 g/mol. The average Bonchev–Trinajstić information content (AvgIpc) is 2.28. The van der Waals surface area contributed by atoms with Crippen molar-refractivity contribution in [2.24, 2.45) is 0 Å². The summed E-state index contributed by atoms with van der Waals surface area (Å²) in [4.78, 5) is 13.7. The van der Waals surface area contributed by atoms with Crippen LogP contribution in [0.3, 0.4) is 0 Å². The van der Waals surface area contributed by atoms with Gasteiger partial charge in [-0.15, -0.1) is 6.58 Å². The predicted molar refractivity (Wildman–Crippen MR) is 73.6 cm³/mol. The minimum absolute atomic E-state index is 0.188. The van der Waals surface area contributed by atoms with Gasteiger partial charge in [0.05, 0.1) is 0 Å². The lowest BCUT2D eigenvalue weighted by atomic mass is 10.1. The number of piperidine rings is 1. The molecule has 0 aliphatic carbocycles. The van der Waals surface area contributed by atoms with Crippen molar-refractivity contribution in [3.8, 4) is 0 Å². The summed E-state index contributed by atoms with van der Waals surface area (Å²) in [7, 11) is 0. The lowest BCUT2D eigenvalue weighted by Gasteiger charge is -2.33. The minimum Gasteiger partial charge on any atom is -0.444 e. The van der Waals surface area contributed by atoms with Crippen molar-refractivity contribution in [1.29, 1.82) is 0 Å². The molecule has 1 aliphatic heterocycles. The van der Waals surface area contributed by atoms with Crippen molar-refractivity contribution in [3.05, 3.63) is 12.7 Å². The molecular formula is C14H26N2O2. The van der Waals surface area contributed by atoms with Crippen molar-refractivity contribution in [2.75, 3.05) is 19.6 Å². The summed E-state index contributed by atoms with van der Waals surface area (Å²) < 4.78 is 5.36. The van der Waals surface area contributed by atoms with E-state index in [9.17, 15) is 4.79 Å². The molecule has 1 rings (SSSR count). The fourth-order valence-electron chi connectivity index (χ4n) is 1.98. The Labute approximate surface area is 110 Å². The van der Waals surface area contributed by atoms with Crippen molar-refractivity contribution in [1.82, 2.24) is 10.2 Å². The number of carbonyl (C=O) groups excluding carboxylic acids is 1. The molecule has 0 aromatic carbocycles. The molecule has 0 aromatic rings. The van der Waals surface area contributed by atoms with Gasteiger partial charge < -0.3 is 15.0 Å². The van der Waals surface area contributed by atoms with Crippen LogP contribution in [-0.2, 0) is 4.74 Å². The SMILES string of the molecule is C=CCCNC1CCN(C(=O)OC(C)(C)C)CC1. The summed E-state index contributed by atoms with van der Waals surface area (Å²) in [5.74, 6) is 0. The molecule has 0 bridgehead atoms. The Bertz CT molecular complexity index is 276. The number of rotatable bonds is 4. The fraction of sp³-hybridized carbons (Fsp3) is 0.786. The van der Waals surface area contributed by atoms with E-state index in [1.165, 1.54) is 0 Å². The van der Waals surface area contributed by atoms with Gasteiger partial charge in [0.15, 0.2) is 0 Å². The lowest BCUT2D eigenvalue weighted by Crippen LogP contribution is -2.46. The highest BCUT2D eigenvalue weighted by atomic mass is 16.6. The lowest BCUT2D eigenvalue weighted by molar-refractivity contribution is 0.0199. The Balaban J connectivity index is 2.26. The van der Waals surface area contributed by atoms with Gasteiger partial charge in [-0.2, -0.15) is 0 Å². The van der Waals surface area contributed by atoms with Gasteiger partial charge in [-0.3, -0.25) is 0 Å². The van der Waals surface area contributed by atoms with Crippen molar-refractivity contribution < 1.29 is 9.53 Å². The van der Waals surface area contributed by atoms with E-state index in [1.54, 1.807) is 4.90 Å². The Morgan fingerprint density at radius 1 is 1.44 bits per heavy atom. The number of hydrogen-bond acceptors (Lipinski definition) is 3. The number of hydrogen-bond donors (Lipinski definition) is 1. The third-order valence-electron chi connectivity index (χ3n) is 2.93. The van der Waals surface area contributed by atoms with E-state index in [1.807, 2.05) is 26.8 Å². The molecule has 4 nitrogen and oxygen atoms in total. The van der Waals surface area contributed by atoms with Crippen LogP contribution in [0.1, 0.15) is 40.0 Å². The van der Waals surface area contributed by atoms with Gasteiger partial charge in [0.2, 0.25) is 0 Å². The number of likely N-dealkylation sites (tertiary alicyclic amines) is 1. The van der Waals surface area contributed by atoms with E-state index in [-0.39, 0.29) is 6.09 Å². The second kappa shape index (κ2) is 6.78. The van der Waals surface area contributed by atoms with Crippen molar-refractivity contribution in [3.63, 3.8) is 0 Å². The molecule has 18 heavy (non-hydrogen) atoms. The van der Waals surface area contributed by atoms with Crippen LogP contribution >= 0.6 is 0 Å².